The van der Waals surface area contributed by atoms with Crippen molar-refractivity contribution in [3.63, 3.8) is 0 Å². The SMILES string of the molecule is CC1CCc2c(sc3ncn4c(-c5ccc(-c6ccccc6)cc5)nnc4c23)C1. The predicted octanol–water partition coefficient (Wildman–Crippen LogP) is 5.80. The Balaban J connectivity index is 1.47. The fourth-order valence-electron chi connectivity index (χ4n) is 4.38. The van der Waals surface area contributed by atoms with Gasteiger partial charge in [0, 0.05) is 10.4 Å². The third-order valence-corrected chi connectivity index (χ3v) is 7.12. The minimum atomic E-state index is 0.753. The Labute approximate surface area is 172 Å². The van der Waals surface area contributed by atoms with Gasteiger partial charge in [-0.1, -0.05) is 61.5 Å². The molecule has 5 aromatic rings. The van der Waals surface area contributed by atoms with Gasteiger partial charge >= 0.3 is 0 Å². The average molecular weight is 397 g/mol. The second-order valence-electron chi connectivity index (χ2n) is 7.94. The third kappa shape index (κ3) is 2.69. The van der Waals surface area contributed by atoms with Crippen molar-refractivity contribution in [2.75, 3.05) is 0 Å². The van der Waals surface area contributed by atoms with Crippen LogP contribution in [-0.4, -0.2) is 19.6 Å². The summed E-state index contributed by atoms with van der Waals surface area (Å²) in [4.78, 5) is 7.34. The number of benzene rings is 2. The molecule has 29 heavy (non-hydrogen) atoms. The quantitative estimate of drug-likeness (QED) is 0.379. The van der Waals surface area contributed by atoms with Crippen LogP contribution in [0.4, 0.5) is 0 Å². The van der Waals surface area contributed by atoms with Crippen LogP contribution < -0.4 is 0 Å². The Morgan fingerprint density at radius 3 is 2.52 bits per heavy atom. The van der Waals surface area contributed by atoms with Crippen molar-refractivity contribution >= 4 is 27.2 Å². The van der Waals surface area contributed by atoms with Gasteiger partial charge in [0.25, 0.3) is 0 Å². The number of thiophene rings is 1. The van der Waals surface area contributed by atoms with Crippen LogP contribution >= 0.6 is 11.3 Å². The maximum atomic E-state index is 4.76. The highest BCUT2D eigenvalue weighted by Crippen LogP contribution is 2.39. The van der Waals surface area contributed by atoms with E-state index in [0.717, 1.165) is 40.6 Å². The molecule has 3 aromatic heterocycles. The van der Waals surface area contributed by atoms with Gasteiger partial charge in [-0.2, -0.15) is 0 Å². The Kier molecular flexibility index (Phi) is 3.78. The third-order valence-electron chi connectivity index (χ3n) is 5.95. The fraction of sp³-hybridized carbons (Fsp3) is 0.208. The molecule has 1 atom stereocenters. The zero-order valence-electron chi connectivity index (χ0n) is 16.2. The van der Waals surface area contributed by atoms with Gasteiger partial charge in [-0.3, -0.25) is 4.40 Å². The molecule has 0 bridgehead atoms. The minimum Gasteiger partial charge on any atom is -0.265 e. The van der Waals surface area contributed by atoms with Crippen LogP contribution in [-0.2, 0) is 12.8 Å². The van der Waals surface area contributed by atoms with E-state index >= 15 is 0 Å². The van der Waals surface area contributed by atoms with Crippen molar-refractivity contribution in [2.45, 2.75) is 26.2 Å². The number of hydrogen-bond donors (Lipinski definition) is 0. The van der Waals surface area contributed by atoms with Gasteiger partial charge in [-0.05, 0) is 41.9 Å². The Hall–Kier alpha value is -3.05. The molecule has 2 aromatic carbocycles. The minimum absolute atomic E-state index is 0.753. The van der Waals surface area contributed by atoms with Crippen LogP contribution in [0.15, 0.2) is 60.9 Å². The monoisotopic (exact) mass is 396 g/mol. The summed E-state index contributed by atoms with van der Waals surface area (Å²) in [5.41, 5.74) is 5.84. The molecule has 0 aliphatic heterocycles. The largest absolute Gasteiger partial charge is 0.265 e. The molecule has 0 N–H and O–H groups in total. The lowest BCUT2D eigenvalue weighted by Gasteiger charge is -2.17. The van der Waals surface area contributed by atoms with Crippen LogP contribution in [0.2, 0.25) is 0 Å². The van der Waals surface area contributed by atoms with E-state index in [1.54, 1.807) is 0 Å². The van der Waals surface area contributed by atoms with Crippen molar-refractivity contribution in [2.24, 2.45) is 5.92 Å². The molecule has 0 spiro atoms. The topological polar surface area (TPSA) is 43.1 Å². The van der Waals surface area contributed by atoms with Gasteiger partial charge in [-0.25, -0.2) is 4.98 Å². The summed E-state index contributed by atoms with van der Waals surface area (Å²) < 4.78 is 2.05. The van der Waals surface area contributed by atoms with Crippen molar-refractivity contribution in [3.05, 3.63) is 71.4 Å². The van der Waals surface area contributed by atoms with E-state index in [-0.39, 0.29) is 0 Å². The molecule has 0 radical (unpaired) electrons. The smallest absolute Gasteiger partial charge is 0.172 e. The van der Waals surface area contributed by atoms with Crippen LogP contribution in [0, 0.1) is 5.92 Å². The Morgan fingerprint density at radius 2 is 1.69 bits per heavy atom. The van der Waals surface area contributed by atoms with Crippen molar-refractivity contribution < 1.29 is 0 Å². The number of aromatic nitrogens is 4. The summed E-state index contributed by atoms with van der Waals surface area (Å²) in [6, 6.07) is 18.9. The van der Waals surface area contributed by atoms with Gasteiger partial charge < -0.3 is 0 Å². The van der Waals surface area contributed by atoms with Crippen molar-refractivity contribution in [1.29, 1.82) is 0 Å². The lowest BCUT2D eigenvalue weighted by atomic mass is 9.89. The predicted molar refractivity (Wildman–Crippen MR) is 118 cm³/mol. The summed E-state index contributed by atoms with van der Waals surface area (Å²) in [6.07, 6.45) is 5.39. The van der Waals surface area contributed by atoms with E-state index in [4.69, 9.17) is 4.98 Å². The molecule has 0 fully saturated rings. The van der Waals surface area contributed by atoms with Crippen LogP contribution in [0.1, 0.15) is 23.8 Å². The number of hydrogen-bond acceptors (Lipinski definition) is 4. The van der Waals surface area contributed by atoms with Gasteiger partial charge in [0.05, 0.1) is 5.39 Å². The summed E-state index contributed by atoms with van der Waals surface area (Å²) in [6.45, 7) is 2.34. The molecule has 0 saturated heterocycles. The fourth-order valence-corrected chi connectivity index (χ4v) is 5.72. The molecular weight excluding hydrogens is 376 g/mol. The summed E-state index contributed by atoms with van der Waals surface area (Å²) in [7, 11) is 0. The van der Waals surface area contributed by atoms with Gasteiger partial charge in [0.1, 0.15) is 11.2 Å². The number of fused-ring (bicyclic) bond motifs is 5. The van der Waals surface area contributed by atoms with Gasteiger partial charge in [0.15, 0.2) is 11.5 Å². The Bertz CT molecular complexity index is 1330. The first kappa shape index (κ1) is 16.9. The normalized spacial score (nSPS) is 16.4. The average Bonchev–Trinajstić information content (AvgIpc) is 3.35. The molecular formula is C24H20N4S. The van der Waals surface area contributed by atoms with Crippen LogP contribution in [0.5, 0.6) is 0 Å². The molecule has 3 heterocycles. The molecule has 142 valence electrons. The lowest BCUT2D eigenvalue weighted by Crippen LogP contribution is -2.08. The highest BCUT2D eigenvalue weighted by Gasteiger charge is 2.24. The van der Waals surface area contributed by atoms with E-state index in [9.17, 15) is 0 Å². The summed E-state index contributed by atoms with van der Waals surface area (Å²) in [5, 5.41) is 10.3. The maximum Gasteiger partial charge on any atom is 0.172 e. The van der Waals surface area contributed by atoms with E-state index in [1.165, 1.54) is 33.4 Å². The summed E-state index contributed by atoms with van der Waals surface area (Å²) in [5.74, 6) is 1.60. The number of aryl methyl sites for hydroxylation is 1. The highest BCUT2D eigenvalue weighted by atomic mass is 32.1. The maximum absolute atomic E-state index is 4.76. The zero-order valence-corrected chi connectivity index (χ0v) is 17.0. The van der Waals surface area contributed by atoms with Crippen LogP contribution in [0.25, 0.3) is 38.4 Å². The molecule has 1 unspecified atom stereocenters. The second-order valence-corrected chi connectivity index (χ2v) is 9.02. The van der Waals surface area contributed by atoms with Crippen molar-refractivity contribution in [3.8, 4) is 22.5 Å². The molecule has 4 nitrogen and oxygen atoms in total. The number of nitrogens with zero attached hydrogens (tertiary/aromatic N) is 4. The molecule has 0 amide bonds. The first-order valence-electron chi connectivity index (χ1n) is 10.1. The lowest BCUT2D eigenvalue weighted by molar-refractivity contribution is 0.509. The molecule has 5 heteroatoms. The molecule has 1 aliphatic carbocycles. The Morgan fingerprint density at radius 1 is 0.931 bits per heavy atom. The second kappa shape index (κ2) is 6.49. The molecule has 6 rings (SSSR count). The van der Waals surface area contributed by atoms with Crippen LogP contribution in [0.3, 0.4) is 0 Å². The molecule has 0 saturated carbocycles. The first-order valence-corrected chi connectivity index (χ1v) is 10.9. The van der Waals surface area contributed by atoms with E-state index in [0.29, 0.717) is 0 Å². The standard InChI is InChI=1S/C24H20N4S/c1-15-7-12-19-20(13-15)29-24-21(19)23-27-26-22(28(23)14-25-24)18-10-8-17(9-11-18)16-5-3-2-4-6-16/h2-6,8-11,14-15H,7,12-13H2,1H3. The zero-order chi connectivity index (χ0) is 19.4. The van der Waals surface area contributed by atoms with Gasteiger partial charge in [-0.15, -0.1) is 21.5 Å². The van der Waals surface area contributed by atoms with Gasteiger partial charge in [0.2, 0.25) is 0 Å². The highest BCUT2D eigenvalue weighted by molar-refractivity contribution is 7.19. The van der Waals surface area contributed by atoms with E-state index in [2.05, 4.69) is 65.7 Å². The molecule has 1 aliphatic rings. The van der Waals surface area contributed by atoms with E-state index in [1.807, 2.05) is 28.1 Å². The summed E-state index contributed by atoms with van der Waals surface area (Å²) >= 11 is 1.83. The van der Waals surface area contributed by atoms with E-state index < -0.39 is 0 Å². The number of rotatable bonds is 2. The first-order chi connectivity index (χ1) is 14.3. The van der Waals surface area contributed by atoms with Crippen molar-refractivity contribution in [1.82, 2.24) is 19.6 Å².